The van der Waals surface area contributed by atoms with Gasteiger partial charge in [-0.05, 0) is 82.8 Å². The first kappa shape index (κ1) is 39.0. The van der Waals surface area contributed by atoms with Crippen LogP contribution in [0.2, 0.25) is 0 Å². The van der Waals surface area contributed by atoms with Gasteiger partial charge in [-0.15, -0.1) is 0 Å². The first-order valence-electron chi connectivity index (χ1n) is 21.4. The van der Waals surface area contributed by atoms with Gasteiger partial charge in [0.25, 0.3) is 0 Å². The number of benzene rings is 2. The fraction of sp³-hybridized carbons (Fsp3) is 0.708. The van der Waals surface area contributed by atoms with Gasteiger partial charge in [-0.2, -0.15) is 0 Å². The number of unbranched alkanes of at least 4 members (excludes halogenated alkanes) is 4. The van der Waals surface area contributed by atoms with Crippen LogP contribution in [-0.4, -0.2) is 0 Å². The fourth-order valence-electron chi connectivity index (χ4n) is 10.5. The molecule has 2 aromatic carbocycles. The first-order chi connectivity index (χ1) is 23.4. The van der Waals surface area contributed by atoms with Crippen molar-refractivity contribution in [2.24, 2.45) is 23.7 Å². The van der Waals surface area contributed by atoms with Crippen molar-refractivity contribution in [2.75, 3.05) is 0 Å². The minimum atomic E-state index is 0.114. The number of fused-ring (bicyclic) bond motifs is 4. The molecule has 0 bridgehead atoms. The highest BCUT2D eigenvalue weighted by atomic mass is 14.6. The number of hydrogen-bond acceptors (Lipinski definition) is 0. The summed E-state index contributed by atoms with van der Waals surface area (Å²) in [6.45, 7) is 19.5. The molecular weight excluding hydrogens is 577 g/mol. The van der Waals surface area contributed by atoms with E-state index < -0.39 is 0 Å². The van der Waals surface area contributed by atoms with Crippen molar-refractivity contribution in [2.45, 2.75) is 195 Å². The Morgan fingerprint density at radius 2 is 0.667 bits per heavy atom. The third-order valence-corrected chi connectivity index (χ3v) is 13.4. The molecule has 0 amide bonds. The van der Waals surface area contributed by atoms with Crippen molar-refractivity contribution in [1.82, 2.24) is 0 Å². The van der Waals surface area contributed by atoms with Gasteiger partial charge in [-0.25, -0.2) is 0 Å². The van der Waals surface area contributed by atoms with Crippen LogP contribution in [0.15, 0.2) is 48.5 Å². The van der Waals surface area contributed by atoms with Crippen LogP contribution in [0.4, 0.5) is 0 Å². The molecule has 0 N–H and O–H groups in total. The summed E-state index contributed by atoms with van der Waals surface area (Å²) in [5.74, 6) is 3.10. The molecule has 0 spiro atoms. The second-order valence-corrected chi connectivity index (χ2v) is 16.5. The molecule has 0 heteroatoms. The molecule has 0 saturated heterocycles. The highest BCUT2D eigenvalue weighted by molar-refractivity contribution is 6.10. The lowest BCUT2D eigenvalue weighted by atomic mass is 9.62. The molecular formula is C48H76. The largest absolute Gasteiger partial charge is 0.0654 e. The molecule has 0 heterocycles. The second kappa shape index (κ2) is 19.0. The molecule has 0 aromatic heterocycles. The zero-order valence-corrected chi connectivity index (χ0v) is 33.1. The minimum Gasteiger partial charge on any atom is -0.0654 e. The van der Waals surface area contributed by atoms with E-state index in [-0.39, 0.29) is 10.8 Å². The SMILES string of the molecule is CCCCC(CC)CC1(CC(CC)CCCC)C2=C(c3ccccc31)C(CC(CC)CCCC)(CC(CC)CCCC)c1ccccc12. The summed E-state index contributed by atoms with van der Waals surface area (Å²) in [6, 6.07) is 20.0. The predicted molar refractivity (Wildman–Crippen MR) is 215 cm³/mol. The van der Waals surface area contributed by atoms with Gasteiger partial charge in [0.1, 0.15) is 0 Å². The van der Waals surface area contributed by atoms with Crippen LogP contribution in [0.1, 0.15) is 206 Å². The van der Waals surface area contributed by atoms with Crippen molar-refractivity contribution in [1.29, 1.82) is 0 Å². The Kier molecular flexibility index (Phi) is 15.4. The number of allylic oxidation sites excluding steroid dienone is 2. The smallest absolute Gasteiger partial charge is 0.0223 e. The van der Waals surface area contributed by atoms with Crippen LogP contribution in [0.5, 0.6) is 0 Å². The van der Waals surface area contributed by atoms with Crippen molar-refractivity contribution < 1.29 is 0 Å². The van der Waals surface area contributed by atoms with Gasteiger partial charge in [0, 0.05) is 10.8 Å². The Balaban J connectivity index is 2.05. The molecule has 0 nitrogen and oxygen atoms in total. The van der Waals surface area contributed by atoms with Crippen LogP contribution >= 0.6 is 0 Å². The summed E-state index contributed by atoms with van der Waals surface area (Å²) in [7, 11) is 0. The van der Waals surface area contributed by atoms with E-state index in [1.54, 1.807) is 33.4 Å². The monoisotopic (exact) mass is 653 g/mol. The molecule has 268 valence electrons. The maximum Gasteiger partial charge on any atom is 0.0223 e. The summed E-state index contributed by atoms with van der Waals surface area (Å²) in [5, 5.41) is 0. The fourth-order valence-corrected chi connectivity index (χ4v) is 10.5. The zero-order valence-electron chi connectivity index (χ0n) is 33.1. The van der Waals surface area contributed by atoms with Crippen molar-refractivity contribution in [3.05, 3.63) is 70.8 Å². The molecule has 2 aliphatic rings. The van der Waals surface area contributed by atoms with Crippen LogP contribution in [0.25, 0.3) is 11.1 Å². The Bertz CT molecular complexity index is 1130. The van der Waals surface area contributed by atoms with Gasteiger partial charge in [0.2, 0.25) is 0 Å². The molecule has 0 fully saturated rings. The van der Waals surface area contributed by atoms with Crippen LogP contribution < -0.4 is 0 Å². The molecule has 0 saturated carbocycles. The molecule has 2 aromatic rings. The van der Waals surface area contributed by atoms with Gasteiger partial charge < -0.3 is 0 Å². The van der Waals surface area contributed by atoms with Crippen molar-refractivity contribution in [3.8, 4) is 0 Å². The second-order valence-electron chi connectivity index (χ2n) is 16.5. The lowest BCUT2D eigenvalue weighted by Gasteiger charge is -2.41. The summed E-state index contributed by atoms with van der Waals surface area (Å²) < 4.78 is 0. The van der Waals surface area contributed by atoms with E-state index in [1.807, 2.05) is 0 Å². The molecule has 0 radical (unpaired) electrons. The van der Waals surface area contributed by atoms with E-state index in [4.69, 9.17) is 0 Å². The quantitative estimate of drug-likeness (QED) is 0.106. The van der Waals surface area contributed by atoms with Crippen molar-refractivity contribution in [3.63, 3.8) is 0 Å². The van der Waals surface area contributed by atoms with E-state index in [0.717, 1.165) is 23.7 Å². The van der Waals surface area contributed by atoms with E-state index in [2.05, 4.69) is 104 Å². The van der Waals surface area contributed by atoms with E-state index in [1.165, 1.54) is 128 Å². The Morgan fingerprint density at radius 3 is 0.917 bits per heavy atom. The Labute approximate surface area is 299 Å². The molecule has 0 aliphatic heterocycles. The third-order valence-electron chi connectivity index (χ3n) is 13.4. The average Bonchev–Trinajstić information content (AvgIpc) is 3.57. The van der Waals surface area contributed by atoms with Crippen LogP contribution in [0, 0.1) is 23.7 Å². The summed E-state index contributed by atoms with van der Waals surface area (Å²) in [4.78, 5) is 0. The van der Waals surface area contributed by atoms with Crippen molar-refractivity contribution >= 4 is 11.1 Å². The van der Waals surface area contributed by atoms with Gasteiger partial charge in [0.05, 0.1) is 0 Å². The molecule has 4 atom stereocenters. The predicted octanol–water partition coefficient (Wildman–Crippen LogP) is 15.5. The standard InChI is InChI=1S/C48H76/c1-9-17-25-37(13-5)33-47(34-38(14-6)26-18-10-2)43-31-23-21-29-41(43)46-45(47)42-30-22-24-32-44(42)48(46,35-39(15-7)27-19-11-3)36-40(16-8)28-20-12-4/h21-24,29-32,37-40H,9-20,25-28,33-36H2,1-8H3. The van der Waals surface area contributed by atoms with Gasteiger partial charge >= 0.3 is 0 Å². The van der Waals surface area contributed by atoms with E-state index >= 15 is 0 Å². The normalized spacial score (nSPS) is 22.3. The maximum atomic E-state index is 2.61. The minimum absolute atomic E-state index is 0.114. The summed E-state index contributed by atoms with van der Waals surface area (Å²) in [6.07, 6.45) is 26.7. The van der Waals surface area contributed by atoms with Gasteiger partial charge in [-0.1, -0.05) is 207 Å². The first-order valence-corrected chi connectivity index (χ1v) is 21.4. The molecule has 2 aliphatic carbocycles. The Hall–Kier alpha value is -1.82. The lowest BCUT2D eigenvalue weighted by molar-refractivity contribution is 0.278. The summed E-state index contributed by atoms with van der Waals surface area (Å²) >= 11 is 0. The molecule has 4 rings (SSSR count). The van der Waals surface area contributed by atoms with Gasteiger partial charge in [0.15, 0.2) is 0 Å². The van der Waals surface area contributed by atoms with Gasteiger partial charge in [-0.3, -0.25) is 0 Å². The van der Waals surface area contributed by atoms with Crippen LogP contribution in [-0.2, 0) is 10.8 Å². The average molecular weight is 653 g/mol. The maximum absolute atomic E-state index is 2.61. The van der Waals surface area contributed by atoms with Crippen LogP contribution in [0.3, 0.4) is 0 Å². The highest BCUT2D eigenvalue weighted by Crippen LogP contribution is 2.69. The summed E-state index contributed by atoms with van der Waals surface area (Å²) in [5.41, 5.74) is 10.6. The topological polar surface area (TPSA) is 0 Å². The number of rotatable bonds is 24. The lowest BCUT2D eigenvalue weighted by Crippen LogP contribution is -2.33. The number of hydrogen-bond donors (Lipinski definition) is 0. The molecule has 48 heavy (non-hydrogen) atoms. The highest BCUT2D eigenvalue weighted by Gasteiger charge is 2.57. The van der Waals surface area contributed by atoms with E-state index in [9.17, 15) is 0 Å². The third kappa shape index (κ3) is 8.21. The molecule has 4 unspecified atom stereocenters. The Morgan fingerprint density at radius 1 is 0.396 bits per heavy atom. The van der Waals surface area contributed by atoms with E-state index in [0.29, 0.717) is 0 Å². The zero-order chi connectivity index (χ0) is 34.6.